The first-order valence-electron chi connectivity index (χ1n) is 3.84. The lowest BCUT2D eigenvalue weighted by molar-refractivity contribution is 0.269. The second kappa shape index (κ2) is 2.01. The van der Waals surface area contributed by atoms with Crippen molar-refractivity contribution in [3.63, 3.8) is 0 Å². The molecular formula is C9H16O. The smallest absolute Gasteiger partial charge is 0.0920 e. The number of allylic oxidation sites excluding steroid dienone is 2. The molecule has 0 bridgehead atoms. The van der Waals surface area contributed by atoms with Gasteiger partial charge in [0.05, 0.1) is 5.76 Å². The highest BCUT2D eigenvalue weighted by atomic mass is 16.3. The number of rotatable bonds is 0. The molecule has 10 heavy (non-hydrogen) atoms. The molecule has 1 unspecified atom stereocenters. The van der Waals surface area contributed by atoms with Gasteiger partial charge in [-0.05, 0) is 23.8 Å². The van der Waals surface area contributed by atoms with E-state index in [0.29, 0.717) is 11.7 Å². The van der Waals surface area contributed by atoms with E-state index in [1.165, 1.54) is 5.57 Å². The molecule has 1 aliphatic carbocycles. The zero-order valence-corrected chi connectivity index (χ0v) is 7.23. The first-order chi connectivity index (χ1) is 4.45. The van der Waals surface area contributed by atoms with Crippen molar-refractivity contribution in [2.45, 2.75) is 34.1 Å². The summed E-state index contributed by atoms with van der Waals surface area (Å²) in [6.07, 6.45) is 0.847. The molecule has 0 aromatic carbocycles. The lowest BCUT2D eigenvalue weighted by Gasteiger charge is -2.24. The van der Waals surface area contributed by atoms with E-state index >= 15 is 0 Å². The minimum Gasteiger partial charge on any atom is -0.512 e. The molecule has 0 fully saturated rings. The van der Waals surface area contributed by atoms with Gasteiger partial charge in [-0.2, -0.15) is 0 Å². The van der Waals surface area contributed by atoms with Crippen LogP contribution in [0.15, 0.2) is 11.3 Å². The molecule has 0 saturated heterocycles. The molecule has 0 amide bonds. The molecule has 0 aromatic rings. The Bertz CT molecular complexity index is 177. The quantitative estimate of drug-likeness (QED) is 0.548. The van der Waals surface area contributed by atoms with Gasteiger partial charge in [-0.25, -0.2) is 0 Å². The van der Waals surface area contributed by atoms with Gasteiger partial charge in [0.1, 0.15) is 0 Å². The fourth-order valence-electron chi connectivity index (χ4n) is 1.56. The van der Waals surface area contributed by atoms with E-state index in [-0.39, 0.29) is 5.41 Å². The summed E-state index contributed by atoms with van der Waals surface area (Å²) in [6, 6.07) is 0. The third kappa shape index (κ3) is 0.938. The van der Waals surface area contributed by atoms with Crippen LogP contribution in [0.3, 0.4) is 0 Å². The molecule has 0 saturated carbocycles. The molecule has 0 aliphatic heterocycles. The normalized spacial score (nSPS) is 31.4. The van der Waals surface area contributed by atoms with Crippen molar-refractivity contribution in [2.75, 3.05) is 0 Å². The molecule has 1 atom stereocenters. The Morgan fingerprint density at radius 1 is 1.50 bits per heavy atom. The molecule has 0 radical (unpaired) electrons. The molecule has 1 N–H and O–H groups in total. The van der Waals surface area contributed by atoms with E-state index in [2.05, 4.69) is 20.8 Å². The molecule has 58 valence electrons. The van der Waals surface area contributed by atoms with E-state index in [4.69, 9.17) is 0 Å². The Labute approximate surface area is 62.8 Å². The lowest BCUT2D eigenvalue weighted by Crippen LogP contribution is -2.16. The van der Waals surface area contributed by atoms with Crippen LogP contribution in [0.2, 0.25) is 0 Å². The number of aliphatic hydroxyl groups excluding tert-OH is 1. The summed E-state index contributed by atoms with van der Waals surface area (Å²) in [4.78, 5) is 0. The molecule has 0 spiro atoms. The predicted octanol–water partition coefficient (Wildman–Crippen LogP) is 2.88. The van der Waals surface area contributed by atoms with Crippen LogP contribution >= 0.6 is 0 Å². The van der Waals surface area contributed by atoms with E-state index in [1.807, 2.05) is 6.92 Å². The van der Waals surface area contributed by atoms with Crippen LogP contribution in [-0.4, -0.2) is 5.11 Å². The molecule has 1 heteroatoms. The summed E-state index contributed by atoms with van der Waals surface area (Å²) in [5.74, 6) is 1.14. The average Bonchev–Trinajstić information content (AvgIpc) is 1.95. The standard InChI is InChI=1S/C9H16O/c1-6-7(2)9(3,4)5-8(6)10/h7,10H,5H2,1-4H3. The third-order valence-corrected chi connectivity index (χ3v) is 2.90. The van der Waals surface area contributed by atoms with Crippen LogP contribution < -0.4 is 0 Å². The van der Waals surface area contributed by atoms with Gasteiger partial charge in [-0.15, -0.1) is 0 Å². The van der Waals surface area contributed by atoms with Crippen LogP contribution in [0, 0.1) is 11.3 Å². The fraction of sp³-hybridized carbons (Fsp3) is 0.778. The fourth-order valence-corrected chi connectivity index (χ4v) is 1.56. The molecule has 1 rings (SSSR count). The molecule has 1 nitrogen and oxygen atoms in total. The van der Waals surface area contributed by atoms with Crippen molar-refractivity contribution >= 4 is 0 Å². The zero-order chi connectivity index (χ0) is 7.94. The van der Waals surface area contributed by atoms with Crippen LogP contribution in [0.1, 0.15) is 34.1 Å². The minimum atomic E-state index is 0.272. The average molecular weight is 140 g/mol. The van der Waals surface area contributed by atoms with Gasteiger partial charge in [0.25, 0.3) is 0 Å². The van der Waals surface area contributed by atoms with Gasteiger partial charge < -0.3 is 5.11 Å². The Morgan fingerprint density at radius 2 is 2.00 bits per heavy atom. The number of aliphatic hydroxyl groups is 1. The zero-order valence-electron chi connectivity index (χ0n) is 7.23. The Hall–Kier alpha value is -0.460. The highest BCUT2D eigenvalue weighted by Crippen LogP contribution is 2.44. The van der Waals surface area contributed by atoms with Crippen molar-refractivity contribution in [3.05, 3.63) is 11.3 Å². The van der Waals surface area contributed by atoms with Gasteiger partial charge >= 0.3 is 0 Å². The largest absolute Gasteiger partial charge is 0.512 e. The van der Waals surface area contributed by atoms with Gasteiger partial charge in [0, 0.05) is 6.42 Å². The summed E-state index contributed by atoms with van der Waals surface area (Å²) < 4.78 is 0. The second-order valence-electron chi connectivity index (χ2n) is 4.02. The SMILES string of the molecule is CC1=C(O)CC(C)(C)C1C. The molecule has 0 heterocycles. The monoisotopic (exact) mass is 140 g/mol. The minimum absolute atomic E-state index is 0.272. The molecule has 1 aliphatic rings. The topological polar surface area (TPSA) is 20.2 Å². The molecular weight excluding hydrogens is 124 g/mol. The van der Waals surface area contributed by atoms with E-state index in [0.717, 1.165) is 6.42 Å². The van der Waals surface area contributed by atoms with Gasteiger partial charge in [-0.1, -0.05) is 20.8 Å². The lowest BCUT2D eigenvalue weighted by atomic mass is 9.80. The summed E-state index contributed by atoms with van der Waals surface area (Å²) in [5, 5.41) is 9.38. The predicted molar refractivity (Wildman–Crippen MR) is 42.9 cm³/mol. The van der Waals surface area contributed by atoms with Crippen molar-refractivity contribution < 1.29 is 5.11 Å². The summed E-state index contributed by atoms with van der Waals surface area (Å²) in [6.45, 7) is 8.60. The summed E-state index contributed by atoms with van der Waals surface area (Å²) in [5.41, 5.74) is 1.44. The van der Waals surface area contributed by atoms with E-state index in [9.17, 15) is 5.11 Å². The van der Waals surface area contributed by atoms with Crippen molar-refractivity contribution in [1.29, 1.82) is 0 Å². The number of hydrogen-bond donors (Lipinski definition) is 1. The number of hydrogen-bond acceptors (Lipinski definition) is 1. The Balaban J connectivity index is 2.87. The highest BCUT2D eigenvalue weighted by Gasteiger charge is 2.35. The first-order valence-corrected chi connectivity index (χ1v) is 3.84. The van der Waals surface area contributed by atoms with Gasteiger partial charge in [-0.3, -0.25) is 0 Å². The van der Waals surface area contributed by atoms with Crippen LogP contribution in [0.4, 0.5) is 0 Å². The van der Waals surface area contributed by atoms with Crippen molar-refractivity contribution in [3.8, 4) is 0 Å². The Kier molecular flexibility index (Phi) is 1.54. The Morgan fingerprint density at radius 3 is 2.10 bits per heavy atom. The van der Waals surface area contributed by atoms with Crippen LogP contribution in [0.25, 0.3) is 0 Å². The molecule has 0 aromatic heterocycles. The third-order valence-electron chi connectivity index (χ3n) is 2.90. The van der Waals surface area contributed by atoms with Crippen molar-refractivity contribution in [2.24, 2.45) is 11.3 Å². The van der Waals surface area contributed by atoms with E-state index in [1.54, 1.807) is 0 Å². The van der Waals surface area contributed by atoms with Gasteiger partial charge in [0.15, 0.2) is 0 Å². The maximum absolute atomic E-state index is 9.38. The van der Waals surface area contributed by atoms with Crippen molar-refractivity contribution in [1.82, 2.24) is 0 Å². The second-order valence-corrected chi connectivity index (χ2v) is 4.02. The van der Waals surface area contributed by atoms with Crippen LogP contribution in [0.5, 0.6) is 0 Å². The summed E-state index contributed by atoms with van der Waals surface area (Å²) in [7, 11) is 0. The van der Waals surface area contributed by atoms with Gasteiger partial charge in [0.2, 0.25) is 0 Å². The first kappa shape index (κ1) is 7.64. The van der Waals surface area contributed by atoms with Crippen LogP contribution in [-0.2, 0) is 0 Å². The van der Waals surface area contributed by atoms with E-state index < -0.39 is 0 Å². The maximum atomic E-state index is 9.38. The highest BCUT2D eigenvalue weighted by molar-refractivity contribution is 5.19. The summed E-state index contributed by atoms with van der Waals surface area (Å²) >= 11 is 0. The maximum Gasteiger partial charge on any atom is 0.0920 e.